The van der Waals surface area contributed by atoms with E-state index in [4.69, 9.17) is 0 Å². The highest BCUT2D eigenvalue weighted by Crippen LogP contribution is 2.17. The van der Waals surface area contributed by atoms with E-state index in [-0.39, 0.29) is 5.56 Å². The summed E-state index contributed by atoms with van der Waals surface area (Å²) in [6.07, 6.45) is 5.40. The summed E-state index contributed by atoms with van der Waals surface area (Å²) in [5.74, 6) is 0. The fourth-order valence-corrected chi connectivity index (χ4v) is 2.86. The Hall–Kier alpha value is -3.40. The Kier molecular flexibility index (Phi) is 3.78. The lowest BCUT2D eigenvalue weighted by Gasteiger charge is -2.06. The van der Waals surface area contributed by atoms with Gasteiger partial charge >= 0.3 is 0 Å². The highest BCUT2D eigenvalue weighted by Gasteiger charge is 2.09. The first-order valence-corrected chi connectivity index (χ1v) is 8.10. The number of hydrogen-bond donors (Lipinski definition) is 0. The summed E-state index contributed by atoms with van der Waals surface area (Å²) >= 11 is 0. The fourth-order valence-electron chi connectivity index (χ4n) is 2.86. The molecule has 0 aliphatic heterocycles. The molecule has 0 fully saturated rings. The zero-order valence-corrected chi connectivity index (χ0v) is 13.7. The van der Waals surface area contributed by atoms with E-state index in [0.29, 0.717) is 12.1 Å². The van der Waals surface area contributed by atoms with Crippen LogP contribution in [0, 0.1) is 0 Å². The van der Waals surface area contributed by atoms with Crippen LogP contribution in [0.3, 0.4) is 0 Å². The summed E-state index contributed by atoms with van der Waals surface area (Å²) in [6.45, 7) is 4.28. The summed E-state index contributed by atoms with van der Waals surface area (Å²) in [5.41, 5.74) is 4.45. The molecule has 0 bridgehead atoms. The average molecular weight is 327 g/mol. The molecule has 0 aliphatic carbocycles. The minimum atomic E-state index is -0.0509. The molecular weight excluding hydrogens is 310 g/mol. The Morgan fingerprint density at radius 3 is 2.48 bits per heavy atom. The zero-order valence-electron chi connectivity index (χ0n) is 13.7. The molecule has 4 nitrogen and oxygen atoms in total. The Balaban J connectivity index is 1.72. The Morgan fingerprint density at radius 1 is 1.00 bits per heavy atom. The highest BCUT2D eigenvalue weighted by atomic mass is 16.1. The molecule has 2 aromatic heterocycles. The number of hydrogen-bond acceptors (Lipinski definition) is 2. The second-order valence-corrected chi connectivity index (χ2v) is 5.90. The van der Waals surface area contributed by atoms with E-state index in [1.54, 1.807) is 21.4 Å². The molecular formula is C21H17N3O. The summed E-state index contributed by atoms with van der Waals surface area (Å²) < 4.78 is 3.34. The molecule has 4 rings (SSSR count). The van der Waals surface area contributed by atoms with Gasteiger partial charge in [0.2, 0.25) is 0 Å². The maximum Gasteiger partial charge on any atom is 0.276 e. The SMILES string of the molecule is C=Cc1ccc(Cn2ccn3nc(-c4ccccc4)cc3c2=O)cc1. The van der Waals surface area contributed by atoms with Gasteiger partial charge in [0.05, 0.1) is 12.2 Å². The van der Waals surface area contributed by atoms with E-state index in [1.807, 2.05) is 66.9 Å². The summed E-state index contributed by atoms with van der Waals surface area (Å²) in [6, 6.07) is 19.7. The monoisotopic (exact) mass is 327 g/mol. The average Bonchev–Trinajstić information content (AvgIpc) is 3.11. The lowest BCUT2D eigenvalue weighted by Crippen LogP contribution is -2.21. The van der Waals surface area contributed by atoms with Gasteiger partial charge < -0.3 is 4.57 Å². The Morgan fingerprint density at radius 2 is 1.76 bits per heavy atom. The molecule has 122 valence electrons. The van der Waals surface area contributed by atoms with Crippen molar-refractivity contribution < 1.29 is 0 Å². The maximum absolute atomic E-state index is 12.8. The van der Waals surface area contributed by atoms with Crippen LogP contribution in [0.15, 0.2) is 84.4 Å². The number of nitrogens with zero attached hydrogens (tertiary/aromatic N) is 3. The largest absolute Gasteiger partial charge is 0.308 e. The molecule has 0 atom stereocenters. The van der Waals surface area contributed by atoms with Gasteiger partial charge in [-0.1, -0.05) is 67.3 Å². The Labute approximate surface area is 145 Å². The maximum atomic E-state index is 12.8. The summed E-state index contributed by atoms with van der Waals surface area (Å²) in [4.78, 5) is 12.8. The predicted molar refractivity (Wildman–Crippen MR) is 101 cm³/mol. The first kappa shape index (κ1) is 15.1. The van der Waals surface area contributed by atoms with E-state index >= 15 is 0 Å². The van der Waals surface area contributed by atoms with Gasteiger partial charge in [-0.2, -0.15) is 5.10 Å². The molecule has 0 amide bonds. The smallest absolute Gasteiger partial charge is 0.276 e. The molecule has 0 aliphatic rings. The second-order valence-electron chi connectivity index (χ2n) is 5.90. The third-order valence-corrected chi connectivity index (χ3v) is 4.24. The van der Waals surface area contributed by atoms with E-state index in [0.717, 1.165) is 22.4 Å². The molecule has 4 heteroatoms. The second kappa shape index (κ2) is 6.24. The van der Waals surface area contributed by atoms with Gasteiger partial charge in [-0.05, 0) is 17.2 Å². The number of rotatable bonds is 4. The lowest BCUT2D eigenvalue weighted by molar-refractivity contribution is 0.743. The van der Waals surface area contributed by atoms with Crippen LogP contribution in [0.1, 0.15) is 11.1 Å². The van der Waals surface area contributed by atoms with Crippen molar-refractivity contribution in [3.05, 3.63) is 101 Å². The molecule has 2 heterocycles. The molecule has 0 saturated carbocycles. The van der Waals surface area contributed by atoms with Crippen molar-refractivity contribution in [1.29, 1.82) is 0 Å². The van der Waals surface area contributed by atoms with Crippen LogP contribution in [0.5, 0.6) is 0 Å². The van der Waals surface area contributed by atoms with Crippen molar-refractivity contribution in [3.8, 4) is 11.3 Å². The number of aromatic nitrogens is 3. The van der Waals surface area contributed by atoms with Crippen molar-refractivity contribution in [2.75, 3.05) is 0 Å². The highest BCUT2D eigenvalue weighted by molar-refractivity contribution is 5.65. The quantitative estimate of drug-likeness (QED) is 0.571. The van der Waals surface area contributed by atoms with Crippen LogP contribution in [0.2, 0.25) is 0 Å². The molecule has 0 radical (unpaired) electrons. The van der Waals surface area contributed by atoms with Gasteiger partial charge in [0, 0.05) is 18.0 Å². The zero-order chi connectivity index (χ0) is 17.2. The fraction of sp³-hybridized carbons (Fsp3) is 0.0476. The predicted octanol–water partition coefficient (Wildman–Crippen LogP) is 3.85. The van der Waals surface area contributed by atoms with Crippen LogP contribution in [0.25, 0.3) is 22.9 Å². The molecule has 25 heavy (non-hydrogen) atoms. The van der Waals surface area contributed by atoms with Gasteiger partial charge in [0.25, 0.3) is 5.56 Å². The molecule has 0 unspecified atom stereocenters. The van der Waals surface area contributed by atoms with Crippen molar-refractivity contribution in [2.45, 2.75) is 6.54 Å². The van der Waals surface area contributed by atoms with Crippen molar-refractivity contribution in [1.82, 2.24) is 14.2 Å². The topological polar surface area (TPSA) is 39.3 Å². The molecule has 0 saturated heterocycles. The normalized spacial score (nSPS) is 10.9. The standard InChI is InChI=1S/C21H17N3O/c1-2-16-8-10-17(11-9-16)15-23-12-13-24-20(21(23)25)14-19(22-24)18-6-4-3-5-7-18/h2-14H,1,15H2. The first-order valence-electron chi connectivity index (χ1n) is 8.10. The van der Waals surface area contributed by atoms with Crippen LogP contribution in [-0.4, -0.2) is 14.2 Å². The van der Waals surface area contributed by atoms with Crippen LogP contribution in [0.4, 0.5) is 0 Å². The molecule has 0 spiro atoms. The minimum absolute atomic E-state index is 0.0509. The number of benzene rings is 2. The van der Waals surface area contributed by atoms with E-state index in [2.05, 4.69) is 11.7 Å². The third-order valence-electron chi connectivity index (χ3n) is 4.24. The van der Waals surface area contributed by atoms with Crippen LogP contribution >= 0.6 is 0 Å². The minimum Gasteiger partial charge on any atom is -0.308 e. The third kappa shape index (κ3) is 2.90. The van der Waals surface area contributed by atoms with E-state index < -0.39 is 0 Å². The van der Waals surface area contributed by atoms with E-state index in [9.17, 15) is 4.79 Å². The lowest BCUT2D eigenvalue weighted by atomic mass is 10.1. The van der Waals surface area contributed by atoms with Gasteiger partial charge in [-0.3, -0.25) is 4.79 Å². The Bertz CT molecular complexity index is 1090. The van der Waals surface area contributed by atoms with E-state index in [1.165, 1.54) is 0 Å². The van der Waals surface area contributed by atoms with Crippen LogP contribution in [-0.2, 0) is 6.54 Å². The van der Waals surface area contributed by atoms with Gasteiger partial charge in [0.1, 0.15) is 5.52 Å². The van der Waals surface area contributed by atoms with Crippen LogP contribution < -0.4 is 5.56 Å². The molecule has 0 N–H and O–H groups in total. The number of fused-ring (bicyclic) bond motifs is 1. The van der Waals surface area contributed by atoms with Crippen molar-refractivity contribution in [2.24, 2.45) is 0 Å². The van der Waals surface area contributed by atoms with Gasteiger partial charge in [-0.15, -0.1) is 0 Å². The molecule has 2 aromatic carbocycles. The van der Waals surface area contributed by atoms with Gasteiger partial charge in [0.15, 0.2) is 0 Å². The van der Waals surface area contributed by atoms with Crippen molar-refractivity contribution in [3.63, 3.8) is 0 Å². The van der Waals surface area contributed by atoms with Gasteiger partial charge in [-0.25, -0.2) is 4.52 Å². The molecule has 4 aromatic rings. The first-order chi connectivity index (χ1) is 12.2. The van der Waals surface area contributed by atoms with Crippen molar-refractivity contribution >= 4 is 11.6 Å². The summed E-state index contributed by atoms with van der Waals surface area (Å²) in [5, 5.41) is 4.51. The summed E-state index contributed by atoms with van der Waals surface area (Å²) in [7, 11) is 0.